The van der Waals surface area contributed by atoms with Crippen molar-refractivity contribution in [2.45, 2.75) is 19.1 Å². The predicted octanol–water partition coefficient (Wildman–Crippen LogP) is 6.03. The summed E-state index contributed by atoms with van der Waals surface area (Å²) >= 11 is 0. The topological polar surface area (TPSA) is 104 Å². The van der Waals surface area contributed by atoms with Crippen LogP contribution in [0.1, 0.15) is 11.1 Å². The molecule has 5 aromatic rings. The minimum atomic E-state index is -1.03. The molecule has 0 bridgehead atoms. The van der Waals surface area contributed by atoms with Gasteiger partial charge in [0.15, 0.2) is 0 Å². The highest BCUT2D eigenvalue weighted by molar-refractivity contribution is 5.85. The Morgan fingerprint density at radius 3 is 2.12 bits per heavy atom. The Kier molecular flexibility index (Phi) is 8.17. The van der Waals surface area contributed by atoms with Crippen molar-refractivity contribution in [3.05, 3.63) is 137 Å². The zero-order valence-electron chi connectivity index (χ0n) is 21.3. The number of esters is 1. The summed E-state index contributed by atoms with van der Waals surface area (Å²) in [6.45, 7) is 0.0550. The first-order chi connectivity index (χ1) is 19.5. The summed E-state index contributed by atoms with van der Waals surface area (Å²) < 4.78 is 22.1. The molecule has 0 aliphatic rings. The largest absolute Gasteiger partial charge is 0.460 e. The number of carbonyl (C=O) groups is 2. The number of fused-ring (bicyclic) bond motifs is 1. The summed E-state index contributed by atoms with van der Waals surface area (Å²) in [7, 11) is 0. The highest BCUT2D eigenvalue weighted by Gasteiger charge is 2.25. The van der Waals surface area contributed by atoms with Crippen LogP contribution >= 0.6 is 0 Å². The molecule has 1 N–H and O–H groups in total. The van der Waals surface area contributed by atoms with Crippen LogP contribution < -0.4 is 20.2 Å². The highest BCUT2D eigenvalue weighted by atomic mass is 16.6. The first-order valence-corrected chi connectivity index (χ1v) is 12.6. The van der Waals surface area contributed by atoms with E-state index in [2.05, 4.69) is 5.32 Å². The molecule has 8 nitrogen and oxygen atoms in total. The van der Waals surface area contributed by atoms with Gasteiger partial charge in [0.1, 0.15) is 36.0 Å². The van der Waals surface area contributed by atoms with Gasteiger partial charge in [-0.25, -0.2) is 9.59 Å². The fourth-order valence-corrected chi connectivity index (χ4v) is 3.98. The van der Waals surface area contributed by atoms with E-state index in [1.165, 1.54) is 24.5 Å². The smallest absolute Gasteiger partial charge is 0.408 e. The molecular weight excluding hydrogens is 510 g/mol. The van der Waals surface area contributed by atoms with Gasteiger partial charge in [-0.05, 0) is 35.4 Å². The molecule has 1 atom stereocenters. The van der Waals surface area contributed by atoms with Crippen LogP contribution in [-0.4, -0.2) is 18.1 Å². The second kappa shape index (κ2) is 12.4. The van der Waals surface area contributed by atoms with Crippen LogP contribution in [-0.2, 0) is 22.6 Å². The number of amides is 1. The normalized spacial score (nSPS) is 11.4. The quantitative estimate of drug-likeness (QED) is 0.182. The third-order valence-electron chi connectivity index (χ3n) is 5.98. The van der Waals surface area contributed by atoms with Gasteiger partial charge in [0.25, 0.3) is 0 Å². The van der Waals surface area contributed by atoms with Gasteiger partial charge in [-0.15, -0.1) is 0 Å². The van der Waals surface area contributed by atoms with Crippen LogP contribution in [0, 0.1) is 0 Å². The molecule has 0 spiro atoms. The zero-order valence-corrected chi connectivity index (χ0v) is 21.3. The molecule has 4 aromatic carbocycles. The van der Waals surface area contributed by atoms with E-state index in [0.29, 0.717) is 5.75 Å². The fourth-order valence-electron chi connectivity index (χ4n) is 3.98. The van der Waals surface area contributed by atoms with Gasteiger partial charge < -0.3 is 23.9 Å². The number of hydrogen-bond donors (Lipinski definition) is 1. The lowest BCUT2D eigenvalue weighted by Crippen LogP contribution is -2.44. The van der Waals surface area contributed by atoms with Gasteiger partial charge in [-0.1, -0.05) is 78.9 Å². The number of ether oxygens (including phenoxy) is 3. The van der Waals surface area contributed by atoms with E-state index in [4.69, 9.17) is 18.6 Å². The van der Waals surface area contributed by atoms with Crippen molar-refractivity contribution in [2.75, 3.05) is 0 Å². The lowest BCUT2D eigenvalue weighted by Gasteiger charge is -2.18. The average molecular weight is 536 g/mol. The summed E-state index contributed by atoms with van der Waals surface area (Å²) in [5.74, 6) is -0.0235. The molecule has 0 aliphatic carbocycles. The highest BCUT2D eigenvalue weighted by Crippen LogP contribution is 2.24. The number of nitrogens with one attached hydrogen (secondary N) is 1. The number of hydrogen-bond acceptors (Lipinski definition) is 7. The van der Waals surface area contributed by atoms with E-state index in [1.807, 2.05) is 66.7 Å². The first kappa shape index (κ1) is 26.2. The lowest BCUT2D eigenvalue weighted by molar-refractivity contribution is -0.136. The van der Waals surface area contributed by atoms with Crippen molar-refractivity contribution in [2.24, 2.45) is 0 Å². The number of rotatable bonds is 9. The zero-order chi connectivity index (χ0) is 27.7. The second-order valence-corrected chi connectivity index (χ2v) is 8.87. The minimum Gasteiger partial charge on any atom is -0.460 e. The predicted molar refractivity (Wildman–Crippen MR) is 148 cm³/mol. The third kappa shape index (κ3) is 6.73. The van der Waals surface area contributed by atoms with Gasteiger partial charge >= 0.3 is 12.1 Å². The molecule has 200 valence electrons. The van der Waals surface area contributed by atoms with E-state index in [0.717, 1.165) is 11.1 Å². The van der Waals surface area contributed by atoms with Crippen LogP contribution in [0.5, 0.6) is 17.2 Å². The summed E-state index contributed by atoms with van der Waals surface area (Å²) in [6, 6.07) is 30.7. The van der Waals surface area contributed by atoms with Gasteiger partial charge in [0, 0.05) is 12.5 Å². The first-order valence-electron chi connectivity index (χ1n) is 12.6. The lowest BCUT2D eigenvalue weighted by atomic mass is 10.1. The molecule has 1 heterocycles. The number of para-hydroxylation sites is 1. The maximum absolute atomic E-state index is 13.2. The van der Waals surface area contributed by atoms with E-state index in [-0.39, 0.29) is 40.9 Å². The maximum Gasteiger partial charge on any atom is 0.408 e. The molecule has 0 unspecified atom stereocenters. The van der Waals surface area contributed by atoms with Crippen LogP contribution in [0.25, 0.3) is 11.0 Å². The van der Waals surface area contributed by atoms with Gasteiger partial charge in [0.05, 0.1) is 5.39 Å². The Morgan fingerprint density at radius 1 is 0.775 bits per heavy atom. The van der Waals surface area contributed by atoms with Crippen molar-refractivity contribution < 1.29 is 28.2 Å². The molecule has 0 fully saturated rings. The SMILES string of the molecule is O=C(N[C@@H](Cc1ccccc1)C(=O)Oc1ccc2c(=O)c(Oc3ccccc3)coc2c1)OCc1ccccc1. The fraction of sp³-hybridized carbons (Fsp3) is 0.0938. The number of alkyl carbamates (subject to hydrolysis) is 1. The monoisotopic (exact) mass is 535 g/mol. The Morgan fingerprint density at radius 2 is 1.43 bits per heavy atom. The minimum absolute atomic E-state index is 0.0320. The van der Waals surface area contributed by atoms with Crippen LogP contribution in [0.4, 0.5) is 4.79 Å². The van der Waals surface area contributed by atoms with Crippen LogP contribution in [0.3, 0.4) is 0 Å². The van der Waals surface area contributed by atoms with Crippen molar-refractivity contribution in [1.82, 2.24) is 5.32 Å². The summed E-state index contributed by atoms with van der Waals surface area (Å²) in [6.07, 6.45) is 0.645. The standard InChI is InChI=1S/C32H25NO7/c34-30-26-17-16-25(19-28(26)37-21-29(30)39-24-14-8-3-9-15-24)40-31(35)27(18-22-10-4-1-5-11-22)33-32(36)38-20-23-12-6-2-7-13-23/h1-17,19,21,27H,18,20H2,(H,33,36)/t27-/m0/s1. The number of benzene rings is 4. The average Bonchev–Trinajstić information content (AvgIpc) is 2.99. The summed E-state index contributed by atoms with van der Waals surface area (Å²) in [5.41, 5.74) is 1.48. The molecule has 0 aliphatic heterocycles. The van der Waals surface area contributed by atoms with Crippen LogP contribution in [0.2, 0.25) is 0 Å². The van der Waals surface area contributed by atoms with Crippen molar-refractivity contribution in [1.29, 1.82) is 0 Å². The molecule has 1 amide bonds. The Labute approximate surface area is 229 Å². The molecule has 5 rings (SSSR count). The summed E-state index contributed by atoms with van der Waals surface area (Å²) in [5, 5.41) is 2.87. The van der Waals surface area contributed by atoms with Crippen molar-refractivity contribution in [3.8, 4) is 17.2 Å². The molecule has 40 heavy (non-hydrogen) atoms. The van der Waals surface area contributed by atoms with Gasteiger partial charge in [-0.2, -0.15) is 0 Å². The second-order valence-electron chi connectivity index (χ2n) is 8.87. The summed E-state index contributed by atoms with van der Waals surface area (Å²) in [4.78, 5) is 38.6. The third-order valence-corrected chi connectivity index (χ3v) is 5.98. The van der Waals surface area contributed by atoms with E-state index < -0.39 is 18.1 Å². The van der Waals surface area contributed by atoms with Crippen molar-refractivity contribution in [3.63, 3.8) is 0 Å². The Hall–Kier alpha value is -5.37. The van der Waals surface area contributed by atoms with Crippen LogP contribution in [0.15, 0.2) is 125 Å². The molecular formula is C32H25NO7. The van der Waals surface area contributed by atoms with Gasteiger partial charge in [0.2, 0.25) is 11.2 Å². The molecule has 1 aromatic heterocycles. The maximum atomic E-state index is 13.2. The van der Waals surface area contributed by atoms with E-state index >= 15 is 0 Å². The Bertz CT molecular complexity index is 1650. The van der Waals surface area contributed by atoms with E-state index in [9.17, 15) is 14.4 Å². The molecule has 8 heteroatoms. The Balaban J connectivity index is 1.30. The van der Waals surface area contributed by atoms with Crippen molar-refractivity contribution >= 4 is 23.0 Å². The molecule has 0 saturated carbocycles. The molecule has 0 radical (unpaired) electrons. The molecule has 0 saturated heterocycles. The number of carbonyl (C=O) groups excluding carboxylic acids is 2. The van der Waals surface area contributed by atoms with Gasteiger partial charge in [-0.3, -0.25) is 4.79 Å². The van der Waals surface area contributed by atoms with E-state index in [1.54, 1.807) is 24.3 Å².